The number of hydrogen-bond donors (Lipinski definition) is 0. The molecule has 0 N–H and O–H groups in total. The first-order chi connectivity index (χ1) is 7.19. The second-order valence-electron chi connectivity index (χ2n) is 2.65. The molecule has 0 amide bonds. The van der Waals surface area contributed by atoms with E-state index in [1.807, 2.05) is 0 Å². The molecule has 0 saturated carbocycles. The fraction of sp³-hybridized carbons (Fsp3) is 0.300. The summed E-state index contributed by atoms with van der Waals surface area (Å²) in [4.78, 5) is 11.4. The molecule has 0 saturated heterocycles. The number of carbonyl (C=O) groups is 1. The molecule has 0 unspecified atom stereocenters. The zero-order chi connectivity index (χ0) is 11.3. The Morgan fingerprint density at radius 3 is 2.53 bits per heavy atom. The van der Waals surface area contributed by atoms with Crippen molar-refractivity contribution in [2.45, 2.75) is 11.8 Å². The maximum atomic E-state index is 10.7. The Morgan fingerprint density at radius 2 is 2.00 bits per heavy atom. The van der Waals surface area contributed by atoms with E-state index in [1.54, 1.807) is 25.3 Å². The lowest BCUT2D eigenvalue weighted by Gasteiger charge is -2.10. The summed E-state index contributed by atoms with van der Waals surface area (Å²) in [6.45, 7) is 1.35. The van der Waals surface area contributed by atoms with Crippen LogP contribution in [0.4, 0.5) is 0 Å². The first-order valence-electron chi connectivity index (χ1n) is 4.25. The van der Waals surface area contributed by atoms with E-state index in [4.69, 9.17) is 13.7 Å². The van der Waals surface area contributed by atoms with Gasteiger partial charge in [-0.2, -0.15) is 0 Å². The molecule has 0 aliphatic rings. The molecular weight excluding hydrogens is 216 g/mol. The normalized spacial score (nSPS) is 9.53. The van der Waals surface area contributed by atoms with Crippen molar-refractivity contribution in [1.29, 1.82) is 0 Å². The standard InChI is InChI=1S/C10H12O4S/c1-7(11)14-15-9-6-4-5-8(12-2)10(9)13-3/h4-6H,1-3H3. The van der Waals surface area contributed by atoms with Crippen LogP contribution in [-0.2, 0) is 8.98 Å². The molecule has 15 heavy (non-hydrogen) atoms. The average molecular weight is 228 g/mol. The van der Waals surface area contributed by atoms with Crippen LogP contribution in [0.1, 0.15) is 6.92 Å². The molecule has 0 atom stereocenters. The van der Waals surface area contributed by atoms with Crippen LogP contribution in [0.3, 0.4) is 0 Å². The summed E-state index contributed by atoms with van der Waals surface area (Å²) in [5.41, 5.74) is 0. The molecule has 0 fully saturated rings. The summed E-state index contributed by atoms with van der Waals surface area (Å²) in [5.74, 6) is 0.811. The quantitative estimate of drug-likeness (QED) is 0.740. The second kappa shape index (κ2) is 5.50. The Hall–Kier alpha value is -1.36. The van der Waals surface area contributed by atoms with Gasteiger partial charge in [-0.15, -0.1) is 0 Å². The van der Waals surface area contributed by atoms with Gasteiger partial charge in [0.2, 0.25) is 0 Å². The predicted molar refractivity (Wildman–Crippen MR) is 57.2 cm³/mol. The van der Waals surface area contributed by atoms with Gasteiger partial charge in [0.1, 0.15) is 12.0 Å². The van der Waals surface area contributed by atoms with Gasteiger partial charge in [0.05, 0.1) is 19.1 Å². The van der Waals surface area contributed by atoms with Gasteiger partial charge in [0, 0.05) is 6.92 Å². The van der Waals surface area contributed by atoms with E-state index in [9.17, 15) is 4.79 Å². The Balaban J connectivity index is 2.90. The predicted octanol–water partition coefficient (Wildman–Crippen LogP) is 2.27. The Morgan fingerprint density at radius 1 is 1.27 bits per heavy atom. The molecule has 1 aromatic carbocycles. The topological polar surface area (TPSA) is 44.8 Å². The summed E-state index contributed by atoms with van der Waals surface area (Å²) in [5, 5.41) is 0. The number of methoxy groups -OCH3 is 2. The highest BCUT2D eigenvalue weighted by Gasteiger charge is 2.11. The van der Waals surface area contributed by atoms with Gasteiger partial charge in [-0.1, -0.05) is 6.07 Å². The molecule has 0 heterocycles. The molecule has 1 aromatic rings. The van der Waals surface area contributed by atoms with Gasteiger partial charge >= 0.3 is 5.97 Å². The summed E-state index contributed by atoms with van der Waals surface area (Å²) in [7, 11) is 3.09. The van der Waals surface area contributed by atoms with Crippen molar-refractivity contribution in [1.82, 2.24) is 0 Å². The minimum absolute atomic E-state index is 0.357. The van der Waals surface area contributed by atoms with E-state index in [2.05, 4.69) is 0 Å². The van der Waals surface area contributed by atoms with E-state index in [-0.39, 0.29) is 5.97 Å². The molecule has 0 radical (unpaired) electrons. The van der Waals surface area contributed by atoms with Crippen molar-refractivity contribution in [3.8, 4) is 11.5 Å². The van der Waals surface area contributed by atoms with E-state index in [0.29, 0.717) is 16.4 Å². The molecule has 4 nitrogen and oxygen atoms in total. The van der Waals surface area contributed by atoms with E-state index >= 15 is 0 Å². The third-order valence-electron chi connectivity index (χ3n) is 1.62. The molecule has 1 rings (SSSR count). The van der Waals surface area contributed by atoms with Crippen molar-refractivity contribution in [3.05, 3.63) is 18.2 Å². The van der Waals surface area contributed by atoms with Crippen LogP contribution in [0.25, 0.3) is 0 Å². The highest BCUT2D eigenvalue weighted by Crippen LogP contribution is 2.37. The zero-order valence-electron chi connectivity index (χ0n) is 8.77. The first kappa shape index (κ1) is 11.7. The fourth-order valence-electron chi connectivity index (χ4n) is 1.03. The van der Waals surface area contributed by atoms with Crippen LogP contribution < -0.4 is 9.47 Å². The van der Waals surface area contributed by atoms with E-state index in [1.165, 1.54) is 14.0 Å². The van der Waals surface area contributed by atoms with Gasteiger partial charge in [0.15, 0.2) is 11.5 Å². The molecule has 0 aliphatic carbocycles. The van der Waals surface area contributed by atoms with E-state index < -0.39 is 0 Å². The number of ether oxygens (including phenoxy) is 2. The molecule has 0 aromatic heterocycles. The molecular formula is C10H12O4S. The van der Waals surface area contributed by atoms with Gasteiger partial charge in [-0.3, -0.25) is 4.79 Å². The third kappa shape index (κ3) is 3.06. The summed E-state index contributed by atoms with van der Waals surface area (Å²) < 4.78 is 15.1. The van der Waals surface area contributed by atoms with Crippen LogP contribution in [0, 0.1) is 0 Å². The van der Waals surface area contributed by atoms with E-state index in [0.717, 1.165) is 12.0 Å². The smallest absolute Gasteiger partial charge is 0.315 e. The zero-order valence-corrected chi connectivity index (χ0v) is 9.59. The lowest BCUT2D eigenvalue weighted by Crippen LogP contribution is -1.94. The van der Waals surface area contributed by atoms with Crippen molar-refractivity contribution < 1.29 is 18.5 Å². The Kier molecular flexibility index (Phi) is 4.30. The number of benzene rings is 1. The maximum absolute atomic E-state index is 10.7. The van der Waals surface area contributed by atoms with Crippen LogP contribution in [-0.4, -0.2) is 20.2 Å². The van der Waals surface area contributed by atoms with Crippen molar-refractivity contribution >= 4 is 18.0 Å². The Bertz CT molecular complexity index is 351. The molecule has 0 bridgehead atoms. The summed E-state index contributed by atoms with van der Waals surface area (Å²) >= 11 is 0.955. The fourth-order valence-corrected chi connectivity index (χ4v) is 1.63. The number of para-hydroxylation sites is 1. The van der Waals surface area contributed by atoms with Gasteiger partial charge in [-0.25, -0.2) is 0 Å². The minimum atomic E-state index is -0.357. The number of rotatable bonds is 4. The van der Waals surface area contributed by atoms with Crippen LogP contribution in [0.5, 0.6) is 11.5 Å². The van der Waals surface area contributed by atoms with Gasteiger partial charge in [0.25, 0.3) is 0 Å². The molecule has 5 heteroatoms. The SMILES string of the molecule is COc1cccc(SOC(C)=O)c1OC. The van der Waals surface area contributed by atoms with Crippen molar-refractivity contribution in [2.75, 3.05) is 14.2 Å². The van der Waals surface area contributed by atoms with Crippen LogP contribution in [0.15, 0.2) is 23.1 Å². The van der Waals surface area contributed by atoms with Gasteiger partial charge < -0.3 is 13.7 Å². The monoisotopic (exact) mass is 228 g/mol. The highest BCUT2D eigenvalue weighted by molar-refractivity contribution is 7.95. The molecule has 0 spiro atoms. The molecule has 0 aliphatic heterocycles. The first-order valence-corrected chi connectivity index (χ1v) is 4.99. The summed E-state index contributed by atoms with van der Waals surface area (Å²) in [6.07, 6.45) is 0. The average Bonchev–Trinajstić information content (AvgIpc) is 2.25. The Labute approximate surface area is 92.7 Å². The largest absolute Gasteiger partial charge is 0.493 e. The third-order valence-corrected chi connectivity index (χ3v) is 2.43. The number of hydrogen-bond acceptors (Lipinski definition) is 5. The lowest BCUT2D eigenvalue weighted by molar-refractivity contribution is -0.130. The summed E-state index contributed by atoms with van der Waals surface area (Å²) in [6, 6.07) is 5.36. The van der Waals surface area contributed by atoms with Gasteiger partial charge in [-0.05, 0) is 12.1 Å². The van der Waals surface area contributed by atoms with Crippen LogP contribution in [0.2, 0.25) is 0 Å². The minimum Gasteiger partial charge on any atom is -0.493 e. The molecule has 82 valence electrons. The highest BCUT2D eigenvalue weighted by atomic mass is 32.2. The van der Waals surface area contributed by atoms with Crippen molar-refractivity contribution in [2.24, 2.45) is 0 Å². The number of carbonyl (C=O) groups excluding carboxylic acids is 1. The second-order valence-corrected chi connectivity index (χ2v) is 3.42. The van der Waals surface area contributed by atoms with Crippen molar-refractivity contribution in [3.63, 3.8) is 0 Å². The lowest BCUT2D eigenvalue weighted by atomic mass is 10.3. The van der Waals surface area contributed by atoms with Crippen LogP contribution >= 0.6 is 12.0 Å². The maximum Gasteiger partial charge on any atom is 0.315 e.